The van der Waals surface area contributed by atoms with Gasteiger partial charge in [0.1, 0.15) is 5.69 Å². The first kappa shape index (κ1) is 15.9. The molecule has 2 aromatic rings. The summed E-state index contributed by atoms with van der Waals surface area (Å²) in [6.07, 6.45) is 0. The predicted molar refractivity (Wildman–Crippen MR) is 92.6 cm³/mol. The van der Waals surface area contributed by atoms with Crippen LogP contribution in [0, 0.1) is 0 Å². The zero-order valence-corrected chi connectivity index (χ0v) is 13.8. The normalized spacial score (nSPS) is 18.0. The summed E-state index contributed by atoms with van der Waals surface area (Å²) < 4.78 is 0. The third-order valence-electron chi connectivity index (χ3n) is 4.55. The van der Waals surface area contributed by atoms with Crippen LogP contribution in [0.1, 0.15) is 17.4 Å². The van der Waals surface area contributed by atoms with E-state index in [4.69, 9.17) is 0 Å². The minimum atomic E-state index is -0.100. The fourth-order valence-electron chi connectivity index (χ4n) is 2.92. The maximum absolute atomic E-state index is 12.3. The van der Waals surface area contributed by atoms with Gasteiger partial charge in [-0.25, -0.2) is 4.98 Å². The van der Waals surface area contributed by atoms with Crippen molar-refractivity contribution in [3.8, 4) is 0 Å². The highest BCUT2D eigenvalue weighted by Gasteiger charge is 2.19. The van der Waals surface area contributed by atoms with Gasteiger partial charge in [0.05, 0.1) is 5.52 Å². The van der Waals surface area contributed by atoms with E-state index in [9.17, 15) is 4.79 Å². The largest absolute Gasteiger partial charge is 0.349 e. The van der Waals surface area contributed by atoms with E-state index in [1.165, 1.54) is 0 Å². The molecular weight excluding hydrogens is 288 g/mol. The number of amides is 1. The molecule has 0 spiro atoms. The van der Waals surface area contributed by atoms with Crippen molar-refractivity contribution in [2.24, 2.45) is 0 Å². The van der Waals surface area contributed by atoms with Crippen LogP contribution in [0.15, 0.2) is 36.4 Å². The van der Waals surface area contributed by atoms with Crippen LogP contribution in [0.4, 0.5) is 0 Å². The number of hydrogen-bond acceptors (Lipinski definition) is 4. The lowest BCUT2D eigenvalue weighted by Gasteiger charge is -2.36. The number of piperazine rings is 1. The van der Waals surface area contributed by atoms with Crippen molar-refractivity contribution in [1.29, 1.82) is 0 Å². The van der Waals surface area contributed by atoms with Crippen molar-refractivity contribution >= 4 is 16.8 Å². The Morgan fingerprint density at radius 3 is 2.70 bits per heavy atom. The molecule has 0 aliphatic carbocycles. The van der Waals surface area contributed by atoms with Gasteiger partial charge in [0.15, 0.2) is 0 Å². The quantitative estimate of drug-likeness (QED) is 0.932. The second-order valence-corrected chi connectivity index (χ2v) is 6.29. The standard InChI is InChI=1S/C18H24N4O/c1-14(22-11-9-21(2)10-12-22)13-19-18(23)17-8-7-15-5-3-4-6-16(15)20-17/h3-8,14H,9-13H2,1-2H3,(H,19,23)/t14-/m1/s1. The Balaban J connectivity index is 1.57. The minimum Gasteiger partial charge on any atom is -0.349 e. The van der Waals surface area contributed by atoms with Gasteiger partial charge >= 0.3 is 0 Å². The number of rotatable bonds is 4. The lowest BCUT2D eigenvalue weighted by Crippen LogP contribution is -2.51. The molecule has 0 bridgehead atoms. The van der Waals surface area contributed by atoms with Gasteiger partial charge < -0.3 is 10.2 Å². The molecule has 1 saturated heterocycles. The first-order chi connectivity index (χ1) is 11.1. The highest BCUT2D eigenvalue weighted by Crippen LogP contribution is 2.12. The molecule has 1 N–H and O–H groups in total. The number of nitrogens with zero attached hydrogens (tertiary/aromatic N) is 3. The summed E-state index contributed by atoms with van der Waals surface area (Å²) in [6, 6.07) is 11.9. The van der Waals surface area contributed by atoms with Gasteiger partial charge in [0.2, 0.25) is 0 Å². The Hall–Kier alpha value is -1.98. The molecular formula is C18H24N4O. The first-order valence-corrected chi connectivity index (χ1v) is 8.20. The number of fused-ring (bicyclic) bond motifs is 1. The van der Waals surface area contributed by atoms with Gasteiger partial charge in [-0.3, -0.25) is 9.69 Å². The van der Waals surface area contributed by atoms with Crippen molar-refractivity contribution in [3.63, 3.8) is 0 Å². The molecule has 2 heterocycles. The molecule has 0 saturated carbocycles. The number of para-hydroxylation sites is 1. The molecule has 1 aromatic heterocycles. The molecule has 1 amide bonds. The second kappa shape index (κ2) is 7.06. The van der Waals surface area contributed by atoms with Crippen LogP contribution in [0.3, 0.4) is 0 Å². The minimum absolute atomic E-state index is 0.100. The van der Waals surface area contributed by atoms with Gasteiger partial charge in [-0.05, 0) is 26.1 Å². The van der Waals surface area contributed by atoms with E-state index in [0.717, 1.165) is 37.1 Å². The van der Waals surface area contributed by atoms with Gasteiger partial charge in [-0.1, -0.05) is 24.3 Å². The monoisotopic (exact) mass is 312 g/mol. The zero-order chi connectivity index (χ0) is 16.2. The number of hydrogen-bond donors (Lipinski definition) is 1. The van der Waals surface area contributed by atoms with Crippen LogP contribution in [0.5, 0.6) is 0 Å². The fourth-order valence-corrected chi connectivity index (χ4v) is 2.92. The Morgan fingerprint density at radius 1 is 1.17 bits per heavy atom. The number of aromatic nitrogens is 1. The summed E-state index contributed by atoms with van der Waals surface area (Å²) in [6.45, 7) is 7.11. The highest BCUT2D eigenvalue weighted by atomic mass is 16.1. The molecule has 1 aliphatic heterocycles. The summed E-state index contributed by atoms with van der Waals surface area (Å²) in [5, 5.41) is 4.07. The number of benzene rings is 1. The molecule has 23 heavy (non-hydrogen) atoms. The Bertz CT molecular complexity index is 680. The van der Waals surface area contributed by atoms with Gasteiger partial charge in [0, 0.05) is 44.2 Å². The zero-order valence-electron chi connectivity index (χ0n) is 13.8. The average molecular weight is 312 g/mol. The maximum atomic E-state index is 12.3. The van der Waals surface area contributed by atoms with E-state index in [0.29, 0.717) is 18.3 Å². The van der Waals surface area contributed by atoms with Crippen molar-refractivity contribution in [1.82, 2.24) is 20.1 Å². The molecule has 0 radical (unpaired) electrons. The smallest absolute Gasteiger partial charge is 0.269 e. The second-order valence-electron chi connectivity index (χ2n) is 6.29. The van der Waals surface area contributed by atoms with E-state index >= 15 is 0 Å². The fraction of sp³-hybridized carbons (Fsp3) is 0.444. The van der Waals surface area contributed by atoms with Crippen molar-refractivity contribution in [2.45, 2.75) is 13.0 Å². The number of nitrogens with one attached hydrogen (secondary N) is 1. The number of carbonyl (C=O) groups is 1. The molecule has 122 valence electrons. The van der Waals surface area contributed by atoms with Crippen LogP contribution in [-0.4, -0.2) is 66.5 Å². The van der Waals surface area contributed by atoms with E-state index in [1.54, 1.807) is 6.07 Å². The van der Waals surface area contributed by atoms with Crippen molar-refractivity contribution in [2.75, 3.05) is 39.8 Å². The lowest BCUT2D eigenvalue weighted by molar-refractivity contribution is 0.0899. The third kappa shape index (κ3) is 3.86. The highest BCUT2D eigenvalue weighted by molar-refractivity contribution is 5.94. The van der Waals surface area contributed by atoms with E-state index < -0.39 is 0 Å². The Morgan fingerprint density at radius 2 is 1.91 bits per heavy atom. The summed E-state index contributed by atoms with van der Waals surface area (Å²) in [5.41, 5.74) is 1.33. The van der Waals surface area contributed by atoms with Crippen LogP contribution in [-0.2, 0) is 0 Å². The van der Waals surface area contributed by atoms with Gasteiger partial charge in [-0.15, -0.1) is 0 Å². The van der Waals surface area contributed by atoms with Crippen molar-refractivity contribution < 1.29 is 4.79 Å². The third-order valence-corrected chi connectivity index (χ3v) is 4.55. The van der Waals surface area contributed by atoms with Crippen LogP contribution in [0.25, 0.3) is 10.9 Å². The number of likely N-dealkylation sites (N-methyl/N-ethyl adjacent to an activating group) is 1. The number of carbonyl (C=O) groups excluding carboxylic acids is 1. The Kier molecular flexibility index (Phi) is 4.88. The van der Waals surface area contributed by atoms with Gasteiger partial charge in [-0.2, -0.15) is 0 Å². The topological polar surface area (TPSA) is 48.5 Å². The first-order valence-electron chi connectivity index (χ1n) is 8.20. The van der Waals surface area contributed by atoms with Gasteiger partial charge in [0.25, 0.3) is 5.91 Å². The molecule has 0 unspecified atom stereocenters. The summed E-state index contributed by atoms with van der Waals surface area (Å²) in [4.78, 5) is 21.5. The SMILES string of the molecule is C[C@H](CNC(=O)c1ccc2ccccc2n1)N1CCN(C)CC1. The molecule has 5 heteroatoms. The molecule has 1 fully saturated rings. The van der Waals surface area contributed by atoms with Crippen LogP contribution in [0.2, 0.25) is 0 Å². The van der Waals surface area contributed by atoms with E-state index in [1.807, 2.05) is 30.3 Å². The molecule has 3 rings (SSSR count). The predicted octanol–water partition coefficient (Wildman–Crippen LogP) is 1.60. The lowest BCUT2D eigenvalue weighted by atomic mass is 10.2. The van der Waals surface area contributed by atoms with Crippen LogP contribution < -0.4 is 5.32 Å². The average Bonchev–Trinajstić information content (AvgIpc) is 2.59. The summed E-state index contributed by atoms with van der Waals surface area (Å²) in [7, 11) is 2.15. The van der Waals surface area contributed by atoms with E-state index in [-0.39, 0.29) is 5.91 Å². The van der Waals surface area contributed by atoms with Crippen molar-refractivity contribution in [3.05, 3.63) is 42.1 Å². The maximum Gasteiger partial charge on any atom is 0.269 e. The number of pyridine rings is 1. The summed E-state index contributed by atoms with van der Waals surface area (Å²) >= 11 is 0. The Labute approximate surface area is 137 Å². The molecule has 1 aromatic carbocycles. The molecule has 5 nitrogen and oxygen atoms in total. The summed E-state index contributed by atoms with van der Waals surface area (Å²) in [5.74, 6) is -0.100. The molecule has 1 aliphatic rings. The molecule has 1 atom stereocenters. The van der Waals surface area contributed by atoms with Crippen LogP contribution >= 0.6 is 0 Å². The van der Waals surface area contributed by atoms with E-state index in [2.05, 4.69) is 34.1 Å².